The summed E-state index contributed by atoms with van der Waals surface area (Å²) >= 11 is 0. The van der Waals surface area contributed by atoms with Crippen LogP contribution in [0.25, 0.3) is 16.9 Å². The SMILES string of the molecule is COc1ccc(-c2c(C#N)c(N)nc3c(N=Nc4ccccc4)c(N)nn23)cc1. The lowest BCUT2D eigenvalue weighted by Crippen LogP contribution is -2.05. The van der Waals surface area contributed by atoms with Crippen molar-refractivity contribution >= 4 is 28.7 Å². The second-order valence-electron chi connectivity index (χ2n) is 6.07. The van der Waals surface area contributed by atoms with Crippen molar-refractivity contribution in [1.82, 2.24) is 14.6 Å². The standard InChI is InChI=1S/C20H16N8O/c1-29-14-9-7-12(8-10-14)17-15(11-21)18(22)24-20-16(19(23)27-28(17)20)26-25-13-5-3-2-4-6-13/h2-10H,1H3,(H2,22,24)(H2,23,27). The van der Waals surface area contributed by atoms with Crippen LogP contribution in [0.1, 0.15) is 5.56 Å². The number of anilines is 2. The number of nitrogen functional groups attached to an aromatic ring is 2. The molecule has 0 fully saturated rings. The normalized spacial score (nSPS) is 11.0. The lowest BCUT2D eigenvalue weighted by atomic mass is 10.1. The minimum absolute atomic E-state index is 0.0573. The van der Waals surface area contributed by atoms with Crippen LogP contribution in [0.5, 0.6) is 5.75 Å². The molecular weight excluding hydrogens is 368 g/mol. The number of benzene rings is 2. The van der Waals surface area contributed by atoms with E-state index in [0.29, 0.717) is 28.3 Å². The molecule has 142 valence electrons. The van der Waals surface area contributed by atoms with Gasteiger partial charge in [-0.15, -0.1) is 10.2 Å². The molecule has 0 aliphatic heterocycles. The monoisotopic (exact) mass is 384 g/mol. The highest BCUT2D eigenvalue weighted by Crippen LogP contribution is 2.35. The fourth-order valence-corrected chi connectivity index (χ4v) is 2.89. The number of azo groups is 1. The van der Waals surface area contributed by atoms with E-state index >= 15 is 0 Å². The molecule has 9 heteroatoms. The highest BCUT2D eigenvalue weighted by molar-refractivity contribution is 5.83. The van der Waals surface area contributed by atoms with Gasteiger partial charge in [0.2, 0.25) is 0 Å². The van der Waals surface area contributed by atoms with E-state index < -0.39 is 0 Å². The van der Waals surface area contributed by atoms with Gasteiger partial charge >= 0.3 is 0 Å². The molecule has 2 heterocycles. The van der Waals surface area contributed by atoms with E-state index in [1.807, 2.05) is 30.3 Å². The van der Waals surface area contributed by atoms with E-state index in [4.69, 9.17) is 16.2 Å². The second-order valence-corrected chi connectivity index (χ2v) is 6.07. The molecule has 0 spiro atoms. The lowest BCUT2D eigenvalue weighted by Gasteiger charge is -2.10. The lowest BCUT2D eigenvalue weighted by molar-refractivity contribution is 0.415. The van der Waals surface area contributed by atoms with Gasteiger partial charge in [-0.05, 0) is 36.4 Å². The molecule has 4 N–H and O–H groups in total. The highest BCUT2D eigenvalue weighted by Gasteiger charge is 2.21. The van der Waals surface area contributed by atoms with Gasteiger partial charge in [-0.1, -0.05) is 18.2 Å². The van der Waals surface area contributed by atoms with Gasteiger partial charge in [0.15, 0.2) is 17.2 Å². The van der Waals surface area contributed by atoms with Gasteiger partial charge in [-0.25, -0.2) is 9.50 Å². The Morgan fingerprint density at radius 1 is 1.00 bits per heavy atom. The van der Waals surface area contributed by atoms with E-state index in [2.05, 4.69) is 26.4 Å². The Bertz CT molecular complexity index is 1250. The third kappa shape index (κ3) is 3.19. The molecule has 0 saturated heterocycles. The fourth-order valence-electron chi connectivity index (χ4n) is 2.89. The van der Waals surface area contributed by atoms with E-state index in [1.54, 1.807) is 31.4 Å². The molecule has 0 atom stereocenters. The molecular formula is C20H16N8O. The van der Waals surface area contributed by atoms with Crippen LogP contribution >= 0.6 is 0 Å². The molecule has 0 aliphatic rings. The number of nitrogens with zero attached hydrogens (tertiary/aromatic N) is 6. The Hall–Kier alpha value is -4.45. The molecule has 0 amide bonds. The van der Waals surface area contributed by atoms with Crippen molar-refractivity contribution < 1.29 is 4.74 Å². The maximum absolute atomic E-state index is 9.64. The van der Waals surface area contributed by atoms with Crippen LogP contribution in [-0.4, -0.2) is 21.7 Å². The molecule has 4 rings (SSSR count). The van der Waals surface area contributed by atoms with Crippen LogP contribution < -0.4 is 16.2 Å². The Labute approximate surface area is 165 Å². The van der Waals surface area contributed by atoms with E-state index in [0.717, 1.165) is 0 Å². The number of nitrogens with two attached hydrogens (primary N) is 2. The molecule has 9 nitrogen and oxygen atoms in total. The topological polar surface area (TPSA) is 140 Å². The molecule has 0 radical (unpaired) electrons. The number of methoxy groups -OCH3 is 1. The maximum Gasteiger partial charge on any atom is 0.187 e. The first-order valence-electron chi connectivity index (χ1n) is 8.61. The van der Waals surface area contributed by atoms with Gasteiger partial charge < -0.3 is 16.2 Å². The Kier molecular flexibility index (Phi) is 4.50. The first-order valence-corrected chi connectivity index (χ1v) is 8.61. The van der Waals surface area contributed by atoms with Gasteiger partial charge in [-0.3, -0.25) is 0 Å². The van der Waals surface area contributed by atoms with Crippen LogP contribution in [-0.2, 0) is 0 Å². The van der Waals surface area contributed by atoms with Crippen molar-refractivity contribution in [2.45, 2.75) is 0 Å². The summed E-state index contributed by atoms with van der Waals surface area (Å²) in [4.78, 5) is 4.30. The Morgan fingerprint density at radius 3 is 2.38 bits per heavy atom. The van der Waals surface area contributed by atoms with Gasteiger partial charge in [0, 0.05) is 5.56 Å². The summed E-state index contributed by atoms with van der Waals surface area (Å²) < 4.78 is 6.66. The number of fused-ring (bicyclic) bond motifs is 1. The van der Waals surface area contributed by atoms with Gasteiger partial charge in [0.25, 0.3) is 0 Å². The predicted octanol–water partition coefficient (Wildman–Crippen LogP) is 3.86. The molecule has 2 aromatic carbocycles. The summed E-state index contributed by atoms with van der Waals surface area (Å²) in [5.41, 5.74) is 14.7. The summed E-state index contributed by atoms with van der Waals surface area (Å²) in [5.74, 6) is 0.867. The summed E-state index contributed by atoms with van der Waals surface area (Å²) in [7, 11) is 1.58. The number of hydrogen-bond acceptors (Lipinski definition) is 8. The largest absolute Gasteiger partial charge is 0.497 e. The van der Waals surface area contributed by atoms with Crippen LogP contribution in [0.3, 0.4) is 0 Å². The number of nitriles is 1. The number of aromatic nitrogens is 3. The molecule has 0 bridgehead atoms. The third-order valence-corrected chi connectivity index (χ3v) is 4.29. The van der Waals surface area contributed by atoms with E-state index in [9.17, 15) is 5.26 Å². The third-order valence-electron chi connectivity index (χ3n) is 4.29. The van der Waals surface area contributed by atoms with Crippen LogP contribution in [0, 0.1) is 11.3 Å². The fraction of sp³-hybridized carbons (Fsp3) is 0.0500. The quantitative estimate of drug-likeness (QED) is 0.512. The summed E-state index contributed by atoms with van der Waals surface area (Å²) in [6, 6.07) is 18.5. The van der Waals surface area contributed by atoms with Gasteiger partial charge in [-0.2, -0.15) is 10.4 Å². The van der Waals surface area contributed by atoms with Gasteiger partial charge in [0.1, 0.15) is 23.2 Å². The van der Waals surface area contributed by atoms with Crippen molar-refractivity contribution in [3.8, 4) is 23.1 Å². The Morgan fingerprint density at radius 2 is 1.72 bits per heavy atom. The summed E-state index contributed by atoms with van der Waals surface area (Å²) in [5, 5.41) is 22.4. The number of rotatable bonds is 4. The van der Waals surface area contributed by atoms with Crippen LogP contribution in [0.4, 0.5) is 23.0 Å². The van der Waals surface area contributed by atoms with Crippen molar-refractivity contribution in [3.05, 3.63) is 60.2 Å². The Balaban J connectivity index is 1.93. The minimum atomic E-state index is 0.0573. The molecule has 29 heavy (non-hydrogen) atoms. The second kappa shape index (κ2) is 7.28. The van der Waals surface area contributed by atoms with Crippen LogP contribution in [0.15, 0.2) is 64.8 Å². The first-order chi connectivity index (χ1) is 14.1. The highest BCUT2D eigenvalue weighted by atomic mass is 16.5. The smallest absolute Gasteiger partial charge is 0.187 e. The predicted molar refractivity (Wildman–Crippen MR) is 109 cm³/mol. The van der Waals surface area contributed by atoms with E-state index in [1.165, 1.54) is 4.52 Å². The molecule has 2 aromatic heterocycles. The zero-order valence-electron chi connectivity index (χ0n) is 15.4. The minimum Gasteiger partial charge on any atom is -0.497 e. The average molecular weight is 384 g/mol. The zero-order valence-corrected chi connectivity index (χ0v) is 15.4. The summed E-state index contributed by atoms with van der Waals surface area (Å²) in [6.07, 6.45) is 0. The summed E-state index contributed by atoms with van der Waals surface area (Å²) in [6.45, 7) is 0. The maximum atomic E-state index is 9.64. The van der Waals surface area contributed by atoms with E-state index in [-0.39, 0.29) is 22.9 Å². The molecule has 0 saturated carbocycles. The first kappa shape index (κ1) is 17.9. The molecule has 4 aromatic rings. The van der Waals surface area contributed by atoms with Gasteiger partial charge in [0.05, 0.1) is 18.5 Å². The molecule has 0 aliphatic carbocycles. The number of hydrogen-bond donors (Lipinski definition) is 2. The van der Waals surface area contributed by atoms with Crippen LogP contribution in [0.2, 0.25) is 0 Å². The van der Waals surface area contributed by atoms with Crippen molar-refractivity contribution in [2.24, 2.45) is 10.2 Å². The van der Waals surface area contributed by atoms with Crippen molar-refractivity contribution in [1.29, 1.82) is 5.26 Å². The molecule has 0 unspecified atom stereocenters. The number of ether oxygens (including phenoxy) is 1. The zero-order chi connectivity index (χ0) is 20.4. The average Bonchev–Trinajstić information content (AvgIpc) is 3.06. The van der Waals surface area contributed by atoms with Crippen molar-refractivity contribution in [2.75, 3.05) is 18.6 Å². The van der Waals surface area contributed by atoms with Crippen molar-refractivity contribution in [3.63, 3.8) is 0 Å².